The first-order chi connectivity index (χ1) is 16.2. The van der Waals surface area contributed by atoms with Gasteiger partial charge in [-0.2, -0.15) is 0 Å². The van der Waals surface area contributed by atoms with Gasteiger partial charge in [0.2, 0.25) is 0 Å². The van der Waals surface area contributed by atoms with E-state index in [1.807, 2.05) is 12.1 Å². The average molecular weight is 447 g/mol. The summed E-state index contributed by atoms with van der Waals surface area (Å²) in [6, 6.07) is 12.7. The number of hydrogen-bond acceptors (Lipinski definition) is 2. The normalized spacial score (nSPS) is 22.7. The van der Waals surface area contributed by atoms with Crippen molar-refractivity contribution in [1.29, 1.82) is 0 Å². The molecule has 0 aliphatic heterocycles. The molecule has 3 aliphatic carbocycles. The highest BCUT2D eigenvalue weighted by Gasteiger charge is 2.41. The Labute approximate surface area is 200 Å². The smallest absolute Gasteiger partial charge is 0.119 e. The lowest BCUT2D eigenvalue weighted by atomic mass is 9.63. The van der Waals surface area contributed by atoms with Crippen molar-refractivity contribution in [3.63, 3.8) is 0 Å². The summed E-state index contributed by atoms with van der Waals surface area (Å²) in [4.78, 5) is 0. The molecule has 3 saturated carbocycles. The van der Waals surface area contributed by atoms with Gasteiger partial charge in [-0.1, -0.05) is 88.5 Å². The predicted octanol–water partition coefficient (Wildman–Crippen LogP) is 8.83. The molecule has 0 radical (unpaired) electrons. The van der Waals surface area contributed by atoms with Crippen LogP contribution in [0.5, 0.6) is 11.5 Å². The van der Waals surface area contributed by atoms with Gasteiger partial charge >= 0.3 is 0 Å². The quantitative estimate of drug-likeness (QED) is 0.460. The zero-order chi connectivity index (χ0) is 22.7. The molecule has 3 aliphatic rings. The van der Waals surface area contributed by atoms with E-state index in [0.29, 0.717) is 23.3 Å². The monoisotopic (exact) mass is 446 g/mol. The molecule has 2 aromatic carbocycles. The third kappa shape index (κ3) is 4.43. The van der Waals surface area contributed by atoms with Crippen LogP contribution in [0.15, 0.2) is 36.4 Å². The Morgan fingerprint density at radius 3 is 1.33 bits per heavy atom. The molecule has 0 heterocycles. The second-order valence-electron chi connectivity index (χ2n) is 11.1. The van der Waals surface area contributed by atoms with Crippen LogP contribution >= 0.6 is 0 Å². The van der Waals surface area contributed by atoms with Gasteiger partial charge in [0.15, 0.2) is 0 Å². The van der Waals surface area contributed by atoms with Gasteiger partial charge in [0.05, 0.1) is 0 Å². The fraction of sp³-hybridized carbons (Fsp3) is 0.613. The van der Waals surface area contributed by atoms with E-state index < -0.39 is 0 Å². The maximum Gasteiger partial charge on any atom is 0.119 e. The largest absolute Gasteiger partial charge is 0.508 e. The van der Waals surface area contributed by atoms with Gasteiger partial charge in [-0.15, -0.1) is 0 Å². The minimum absolute atomic E-state index is 0.104. The Morgan fingerprint density at radius 1 is 0.515 bits per heavy atom. The lowest BCUT2D eigenvalue weighted by molar-refractivity contribution is 0.376. The van der Waals surface area contributed by atoms with Gasteiger partial charge in [0, 0.05) is 16.5 Å². The molecule has 5 rings (SSSR count). The Balaban J connectivity index is 1.71. The van der Waals surface area contributed by atoms with Crippen LogP contribution in [0, 0.1) is 0 Å². The fourth-order valence-corrected chi connectivity index (χ4v) is 7.60. The maximum atomic E-state index is 11.2. The molecule has 2 N–H and O–H groups in total. The highest BCUT2D eigenvalue weighted by molar-refractivity contribution is 5.56. The lowest BCUT2D eigenvalue weighted by Crippen LogP contribution is -2.31. The van der Waals surface area contributed by atoms with Crippen molar-refractivity contribution in [2.24, 2.45) is 0 Å². The Bertz CT molecular complexity index is 856. The molecule has 0 aromatic heterocycles. The zero-order valence-electron chi connectivity index (χ0n) is 20.3. The molecule has 3 fully saturated rings. The lowest BCUT2D eigenvalue weighted by Gasteiger charge is -2.41. The van der Waals surface area contributed by atoms with Crippen molar-refractivity contribution in [2.45, 2.75) is 120 Å². The Hall–Kier alpha value is -1.96. The van der Waals surface area contributed by atoms with Crippen LogP contribution in [0.25, 0.3) is 0 Å². The van der Waals surface area contributed by atoms with Gasteiger partial charge in [0.25, 0.3) is 0 Å². The molecule has 0 bridgehead atoms. The van der Waals surface area contributed by atoms with E-state index in [4.69, 9.17) is 0 Å². The second-order valence-corrected chi connectivity index (χ2v) is 11.1. The summed E-state index contributed by atoms with van der Waals surface area (Å²) >= 11 is 0. The van der Waals surface area contributed by atoms with Crippen LogP contribution in [-0.2, 0) is 5.41 Å². The highest BCUT2D eigenvalue weighted by atomic mass is 16.3. The Kier molecular flexibility index (Phi) is 6.99. The van der Waals surface area contributed by atoms with Crippen molar-refractivity contribution in [3.8, 4) is 11.5 Å². The van der Waals surface area contributed by atoms with Crippen molar-refractivity contribution in [1.82, 2.24) is 0 Å². The van der Waals surface area contributed by atoms with E-state index in [2.05, 4.69) is 24.3 Å². The summed E-state index contributed by atoms with van der Waals surface area (Å²) in [5.41, 5.74) is 5.11. The highest BCUT2D eigenvalue weighted by Crippen LogP contribution is 2.53. The van der Waals surface area contributed by atoms with E-state index in [1.165, 1.54) is 112 Å². The molecule has 0 atom stereocenters. The first-order valence-electron chi connectivity index (χ1n) is 13.9. The molecule has 2 aromatic rings. The third-order valence-electron chi connectivity index (χ3n) is 9.18. The van der Waals surface area contributed by atoms with Gasteiger partial charge in [-0.25, -0.2) is 0 Å². The van der Waals surface area contributed by atoms with Crippen LogP contribution in [0.2, 0.25) is 0 Å². The summed E-state index contributed by atoms with van der Waals surface area (Å²) in [7, 11) is 0. The van der Waals surface area contributed by atoms with Crippen LogP contribution in [0.1, 0.15) is 137 Å². The second kappa shape index (κ2) is 10.1. The standard InChI is InChI=1S/C31H42O2/c32-27-19-11-17-25(29(27)23-13-5-3-6-14-23)31(21-9-1-2-10-22-31)26-18-12-20-28(33)30(26)24-15-7-4-8-16-24/h11-12,17-20,23-24,32-33H,1-10,13-16,21-22H2. The van der Waals surface area contributed by atoms with E-state index in [0.717, 1.165) is 12.8 Å². The van der Waals surface area contributed by atoms with E-state index >= 15 is 0 Å². The first-order valence-corrected chi connectivity index (χ1v) is 13.9. The maximum absolute atomic E-state index is 11.2. The molecular weight excluding hydrogens is 404 g/mol. The molecule has 0 spiro atoms. The molecule has 0 amide bonds. The molecule has 2 heteroatoms. The third-order valence-corrected chi connectivity index (χ3v) is 9.18. The van der Waals surface area contributed by atoms with Crippen molar-refractivity contribution < 1.29 is 10.2 Å². The van der Waals surface area contributed by atoms with Crippen molar-refractivity contribution in [3.05, 3.63) is 58.7 Å². The predicted molar refractivity (Wildman–Crippen MR) is 136 cm³/mol. The topological polar surface area (TPSA) is 40.5 Å². The van der Waals surface area contributed by atoms with Crippen LogP contribution < -0.4 is 0 Å². The molecule has 33 heavy (non-hydrogen) atoms. The molecule has 0 saturated heterocycles. The first kappa shape index (κ1) is 22.8. The summed E-state index contributed by atoms with van der Waals surface area (Å²) < 4.78 is 0. The van der Waals surface area contributed by atoms with E-state index in [-0.39, 0.29) is 5.41 Å². The van der Waals surface area contributed by atoms with E-state index in [9.17, 15) is 10.2 Å². The number of aromatic hydroxyl groups is 2. The number of rotatable bonds is 4. The number of phenolic OH excluding ortho intramolecular Hbond substituents is 2. The number of phenols is 2. The minimum atomic E-state index is -0.104. The van der Waals surface area contributed by atoms with Crippen LogP contribution in [0.3, 0.4) is 0 Å². The van der Waals surface area contributed by atoms with Gasteiger partial charge in [-0.05, 0) is 73.6 Å². The molecule has 2 nitrogen and oxygen atoms in total. The van der Waals surface area contributed by atoms with Crippen LogP contribution in [-0.4, -0.2) is 10.2 Å². The van der Waals surface area contributed by atoms with Crippen LogP contribution in [0.4, 0.5) is 0 Å². The average Bonchev–Trinajstić information content (AvgIpc) is 3.12. The molecular formula is C31H42O2. The summed E-state index contributed by atoms with van der Waals surface area (Å²) in [5.74, 6) is 1.93. The van der Waals surface area contributed by atoms with Gasteiger partial charge in [0.1, 0.15) is 11.5 Å². The summed E-state index contributed by atoms with van der Waals surface area (Å²) in [5, 5.41) is 22.5. The fourth-order valence-electron chi connectivity index (χ4n) is 7.60. The van der Waals surface area contributed by atoms with E-state index in [1.54, 1.807) is 0 Å². The minimum Gasteiger partial charge on any atom is -0.508 e. The number of benzene rings is 2. The summed E-state index contributed by atoms with van der Waals surface area (Å²) in [6.07, 6.45) is 19.8. The van der Waals surface area contributed by atoms with Gasteiger partial charge in [-0.3, -0.25) is 0 Å². The number of hydrogen-bond donors (Lipinski definition) is 2. The zero-order valence-corrected chi connectivity index (χ0v) is 20.3. The Morgan fingerprint density at radius 2 is 0.909 bits per heavy atom. The van der Waals surface area contributed by atoms with Gasteiger partial charge < -0.3 is 10.2 Å². The van der Waals surface area contributed by atoms with Crippen molar-refractivity contribution in [2.75, 3.05) is 0 Å². The SMILES string of the molecule is Oc1cccc(C2(c3cccc(O)c3C3CCCCC3)CCCCCC2)c1C1CCCCC1. The summed E-state index contributed by atoms with van der Waals surface area (Å²) in [6.45, 7) is 0. The van der Waals surface area contributed by atoms with Crippen molar-refractivity contribution >= 4 is 0 Å². The molecule has 0 unspecified atom stereocenters. The molecule has 178 valence electrons.